The number of aliphatic hydroxyl groups is 1. The summed E-state index contributed by atoms with van der Waals surface area (Å²) >= 11 is 1.60. The summed E-state index contributed by atoms with van der Waals surface area (Å²) in [5.41, 5.74) is 0. The van der Waals surface area contributed by atoms with E-state index < -0.39 is 6.10 Å². The van der Waals surface area contributed by atoms with Crippen molar-refractivity contribution in [3.05, 3.63) is 30.3 Å². The van der Waals surface area contributed by atoms with Gasteiger partial charge < -0.3 is 9.84 Å². The molecule has 3 nitrogen and oxygen atoms in total. The van der Waals surface area contributed by atoms with Crippen LogP contribution in [-0.4, -0.2) is 29.5 Å². The summed E-state index contributed by atoms with van der Waals surface area (Å²) < 4.78 is 4.76. The summed E-state index contributed by atoms with van der Waals surface area (Å²) in [5.74, 6) is 0.313. The Hall–Kier alpha value is -1.00. The van der Waals surface area contributed by atoms with Crippen LogP contribution in [-0.2, 0) is 9.53 Å². The molecule has 0 bridgehead atoms. The highest BCUT2D eigenvalue weighted by molar-refractivity contribution is 7.99. The molecule has 0 spiro atoms. The highest BCUT2D eigenvalue weighted by Crippen LogP contribution is 2.18. The van der Waals surface area contributed by atoms with Crippen LogP contribution in [0.2, 0.25) is 0 Å². The topological polar surface area (TPSA) is 46.5 Å². The Morgan fingerprint density at radius 3 is 2.75 bits per heavy atom. The highest BCUT2D eigenvalue weighted by Gasteiger charge is 2.05. The van der Waals surface area contributed by atoms with Gasteiger partial charge in [0.15, 0.2) is 0 Å². The number of thioether (sulfide) groups is 1. The number of rotatable bonds is 6. The van der Waals surface area contributed by atoms with Crippen molar-refractivity contribution in [2.24, 2.45) is 0 Å². The van der Waals surface area contributed by atoms with Crippen molar-refractivity contribution in [2.75, 3.05) is 12.4 Å². The molecule has 0 saturated carbocycles. The minimum atomic E-state index is -0.440. The number of carbonyl (C=O) groups excluding carboxylic acids is 1. The average molecular weight is 240 g/mol. The minimum absolute atomic E-state index is 0.284. The molecule has 0 radical (unpaired) electrons. The molecule has 16 heavy (non-hydrogen) atoms. The molecule has 0 fully saturated rings. The van der Waals surface area contributed by atoms with E-state index in [1.807, 2.05) is 30.3 Å². The zero-order valence-corrected chi connectivity index (χ0v) is 10.1. The van der Waals surface area contributed by atoms with E-state index in [-0.39, 0.29) is 12.6 Å². The zero-order valence-electron chi connectivity index (χ0n) is 9.26. The standard InChI is InChI=1S/C12H16O3S/c1-10(13)15-8-7-11(14)9-16-12-5-3-2-4-6-12/h2-6,11,14H,7-9H2,1H3. The molecule has 0 aliphatic rings. The Bertz CT molecular complexity index is 313. The summed E-state index contributed by atoms with van der Waals surface area (Å²) in [7, 11) is 0. The monoisotopic (exact) mass is 240 g/mol. The van der Waals surface area contributed by atoms with Crippen molar-refractivity contribution in [2.45, 2.75) is 24.3 Å². The second kappa shape index (κ2) is 7.30. The van der Waals surface area contributed by atoms with Crippen LogP contribution in [0.25, 0.3) is 0 Å². The predicted octanol–water partition coefficient (Wildman–Crippen LogP) is 2.09. The molecule has 1 N–H and O–H groups in total. The fraction of sp³-hybridized carbons (Fsp3) is 0.417. The first-order valence-electron chi connectivity index (χ1n) is 5.18. The van der Waals surface area contributed by atoms with E-state index in [2.05, 4.69) is 0 Å². The van der Waals surface area contributed by atoms with E-state index in [1.54, 1.807) is 11.8 Å². The number of benzene rings is 1. The van der Waals surface area contributed by atoms with Gasteiger partial charge in [-0.15, -0.1) is 11.8 Å². The van der Waals surface area contributed by atoms with Gasteiger partial charge in [0.25, 0.3) is 0 Å². The van der Waals surface area contributed by atoms with Gasteiger partial charge in [-0.2, -0.15) is 0 Å². The van der Waals surface area contributed by atoms with Crippen LogP contribution in [0.1, 0.15) is 13.3 Å². The Balaban J connectivity index is 2.15. The number of hydrogen-bond acceptors (Lipinski definition) is 4. The Labute approximate surface area is 99.8 Å². The van der Waals surface area contributed by atoms with Crippen molar-refractivity contribution in [1.82, 2.24) is 0 Å². The number of carbonyl (C=O) groups is 1. The van der Waals surface area contributed by atoms with Gasteiger partial charge in [0.05, 0.1) is 12.7 Å². The molecule has 0 heterocycles. The molecule has 0 aliphatic heterocycles. The summed E-state index contributed by atoms with van der Waals surface area (Å²) in [6.07, 6.45) is 0.0453. The number of aliphatic hydroxyl groups excluding tert-OH is 1. The molecule has 0 aliphatic carbocycles. The quantitative estimate of drug-likeness (QED) is 0.611. The van der Waals surface area contributed by atoms with E-state index in [1.165, 1.54) is 6.92 Å². The lowest BCUT2D eigenvalue weighted by molar-refractivity contribution is -0.141. The molecule has 1 unspecified atom stereocenters. The minimum Gasteiger partial charge on any atom is -0.466 e. The first-order valence-corrected chi connectivity index (χ1v) is 6.16. The average Bonchev–Trinajstić information content (AvgIpc) is 2.27. The van der Waals surface area contributed by atoms with Crippen LogP contribution >= 0.6 is 11.8 Å². The van der Waals surface area contributed by atoms with Gasteiger partial charge >= 0.3 is 5.97 Å². The lowest BCUT2D eigenvalue weighted by Gasteiger charge is -2.09. The van der Waals surface area contributed by atoms with Crippen molar-refractivity contribution in [3.8, 4) is 0 Å². The van der Waals surface area contributed by atoms with Gasteiger partial charge in [0, 0.05) is 24.0 Å². The van der Waals surface area contributed by atoms with Gasteiger partial charge in [-0.25, -0.2) is 0 Å². The molecule has 88 valence electrons. The van der Waals surface area contributed by atoms with Crippen LogP contribution in [0.5, 0.6) is 0 Å². The molecule has 1 rings (SSSR count). The molecular formula is C12H16O3S. The smallest absolute Gasteiger partial charge is 0.302 e. The number of ether oxygens (including phenoxy) is 1. The summed E-state index contributed by atoms with van der Waals surface area (Å²) in [6.45, 7) is 1.65. The van der Waals surface area contributed by atoms with Crippen molar-refractivity contribution in [1.29, 1.82) is 0 Å². The predicted molar refractivity (Wildman–Crippen MR) is 64.4 cm³/mol. The summed E-state index contributed by atoms with van der Waals surface area (Å²) in [5, 5.41) is 9.61. The fourth-order valence-corrected chi connectivity index (χ4v) is 2.03. The number of hydrogen-bond donors (Lipinski definition) is 1. The summed E-state index contributed by atoms with van der Waals surface area (Å²) in [6, 6.07) is 9.90. The van der Waals surface area contributed by atoms with Crippen LogP contribution in [0.15, 0.2) is 35.2 Å². The third-order valence-electron chi connectivity index (χ3n) is 1.94. The third-order valence-corrected chi connectivity index (χ3v) is 3.10. The fourth-order valence-electron chi connectivity index (χ4n) is 1.13. The van der Waals surface area contributed by atoms with Crippen molar-refractivity contribution >= 4 is 17.7 Å². The molecular weight excluding hydrogens is 224 g/mol. The lowest BCUT2D eigenvalue weighted by Crippen LogP contribution is -2.14. The molecule has 1 aromatic carbocycles. The van der Waals surface area contributed by atoms with Gasteiger partial charge in [0.1, 0.15) is 0 Å². The van der Waals surface area contributed by atoms with Crippen LogP contribution in [0.4, 0.5) is 0 Å². The first-order chi connectivity index (χ1) is 7.68. The second-order valence-electron chi connectivity index (χ2n) is 3.41. The van der Waals surface area contributed by atoms with Crippen LogP contribution in [0.3, 0.4) is 0 Å². The maximum Gasteiger partial charge on any atom is 0.302 e. The van der Waals surface area contributed by atoms with Gasteiger partial charge in [-0.1, -0.05) is 18.2 Å². The van der Waals surface area contributed by atoms with Crippen LogP contribution in [0, 0.1) is 0 Å². The van der Waals surface area contributed by atoms with E-state index in [0.717, 1.165) is 4.90 Å². The zero-order chi connectivity index (χ0) is 11.8. The van der Waals surface area contributed by atoms with E-state index in [9.17, 15) is 9.90 Å². The molecule has 0 saturated heterocycles. The molecule has 4 heteroatoms. The first kappa shape index (κ1) is 13.1. The molecule has 0 amide bonds. The Morgan fingerprint density at radius 1 is 1.44 bits per heavy atom. The largest absolute Gasteiger partial charge is 0.466 e. The van der Waals surface area contributed by atoms with Gasteiger partial charge in [0.2, 0.25) is 0 Å². The molecule has 1 atom stereocenters. The Morgan fingerprint density at radius 2 is 2.12 bits per heavy atom. The van der Waals surface area contributed by atoms with E-state index in [4.69, 9.17) is 4.74 Å². The normalized spacial score (nSPS) is 12.1. The third kappa shape index (κ3) is 5.78. The maximum atomic E-state index is 10.5. The Kier molecular flexibility index (Phi) is 5.96. The second-order valence-corrected chi connectivity index (χ2v) is 4.50. The molecule has 0 aromatic heterocycles. The lowest BCUT2D eigenvalue weighted by atomic mass is 10.3. The van der Waals surface area contributed by atoms with E-state index >= 15 is 0 Å². The number of esters is 1. The summed E-state index contributed by atoms with van der Waals surface area (Å²) in [4.78, 5) is 11.6. The van der Waals surface area contributed by atoms with Crippen molar-refractivity contribution in [3.63, 3.8) is 0 Å². The highest BCUT2D eigenvalue weighted by atomic mass is 32.2. The van der Waals surface area contributed by atoms with Gasteiger partial charge in [-0.3, -0.25) is 4.79 Å². The molecule has 1 aromatic rings. The van der Waals surface area contributed by atoms with Crippen LogP contribution < -0.4 is 0 Å². The maximum absolute atomic E-state index is 10.5. The van der Waals surface area contributed by atoms with Gasteiger partial charge in [-0.05, 0) is 12.1 Å². The van der Waals surface area contributed by atoms with E-state index in [0.29, 0.717) is 12.2 Å². The SMILES string of the molecule is CC(=O)OCCC(O)CSc1ccccc1. The van der Waals surface area contributed by atoms with Crippen molar-refractivity contribution < 1.29 is 14.6 Å².